The Hall–Kier alpha value is -1.36. The minimum atomic E-state index is -0.142. The fourth-order valence-electron chi connectivity index (χ4n) is 1.99. The van der Waals surface area contributed by atoms with Crippen molar-refractivity contribution in [2.24, 2.45) is 12.0 Å². The van der Waals surface area contributed by atoms with E-state index in [4.69, 9.17) is 0 Å². The Morgan fingerprint density at radius 3 is 2.80 bits per heavy atom. The summed E-state index contributed by atoms with van der Waals surface area (Å²) in [5.74, 6) is 2.94. The molecular formula is C16H24FIN6S. The first kappa shape index (κ1) is 21.7. The van der Waals surface area contributed by atoms with Crippen LogP contribution in [0.1, 0.15) is 18.3 Å². The van der Waals surface area contributed by atoms with Crippen molar-refractivity contribution in [1.82, 2.24) is 25.4 Å². The van der Waals surface area contributed by atoms with Gasteiger partial charge in [-0.2, -0.15) is 16.9 Å². The molecule has 1 aromatic heterocycles. The van der Waals surface area contributed by atoms with Crippen LogP contribution in [0.5, 0.6) is 0 Å². The number of halogens is 2. The molecule has 0 atom stereocenters. The van der Waals surface area contributed by atoms with Crippen LogP contribution in [0.4, 0.5) is 4.39 Å². The van der Waals surface area contributed by atoms with Crippen molar-refractivity contribution < 1.29 is 4.39 Å². The molecule has 9 heteroatoms. The maximum Gasteiger partial charge on any atom is 0.191 e. The number of benzene rings is 1. The van der Waals surface area contributed by atoms with Gasteiger partial charge in [0.2, 0.25) is 0 Å². The van der Waals surface area contributed by atoms with Gasteiger partial charge in [-0.1, -0.05) is 18.2 Å². The number of nitrogens with one attached hydrogen (secondary N) is 2. The number of thioether (sulfide) groups is 1. The number of nitrogens with zero attached hydrogens (tertiary/aromatic N) is 4. The first-order valence-electron chi connectivity index (χ1n) is 7.87. The molecule has 2 rings (SSSR count). The maximum atomic E-state index is 13.5. The second-order valence-corrected chi connectivity index (χ2v) is 6.17. The summed E-state index contributed by atoms with van der Waals surface area (Å²) in [5, 5.41) is 10.5. The van der Waals surface area contributed by atoms with Gasteiger partial charge in [-0.15, -0.1) is 24.0 Å². The van der Waals surface area contributed by atoms with Crippen LogP contribution in [-0.4, -0.2) is 39.6 Å². The SMILES string of the molecule is CCNC(=NCc1ncnn1C)NCCSCc1ccccc1F.I. The molecule has 25 heavy (non-hydrogen) atoms. The third-order valence-corrected chi connectivity index (χ3v) is 4.29. The normalized spacial score (nSPS) is 11.1. The second kappa shape index (κ2) is 12.1. The lowest BCUT2D eigenvalue weighted by Gasteiger charge is -2.11. The Morgan fingerprint density at radius 1 is 1.32 bits per heavy atom. The standard InChI is InChI=1S/C16H23FN6S.HI/c1-3-18-16(20-10-15-21-12-22-23(15)2)19-8-9-24-11-13-6-4-5-7-14(13)17;/h4-7,12H,3,8-11H2,1-2H3,(H2,18,19,20);1H. The lowest BCUT2D eigenvalue weighted by atomic mass is 10.2. The molecule has 0 fully saturated rings. The summed E-state index contributed by atoms with van der Waals surface area (Å²) in [4.78, 5) is 8.64. The van der Waals surface area contributed by atoms with E-state index < -0.39 is 0 Å². The van der Waals surface area contributed by atoms with Crippen molar-refractivity contribution in [2.45, 2.75) is 19.2 Å². The highest BCUT2D eigenvalue weighted by Gasteiger charge is 2.03. The van der Waals surface area contributed by atoms with E-state index in [1.54, 1.807) is 22.5 Å². The van der Waals surface area contributed by atoms with Crippen molar-refractivity contribution in [2.75, 3.05) is 18.8 Å². The van der Waals surface area contributed by atoms with Crippen molar-refractivity contribution >= 4 is 41.7 Å². The van der Waals surface area contributed by atoms with Crippen molar-refractivity contribution in [3.63, 3.8) is 0 Å². The van der Waals surface area contributed by atoms with Crippen molar-refractivity contribution in [1.29, 1.82) is 0 Å². The van der Waals surface area contributed by atoms with Gasteiger partial charge in [-0.3, -0.25) is 4.68 Å². The first-order valence-corrected chi connectivity index (χ1v) is 9.02. The fraction of sp³-hybridized carbons (Fsp3) is 0.438. The Bertz CT molecular complexity index is 664. The zero-order valence-corrected chi connectivity index (χ0v) is 17.6. The Kier molecular flexibility index (Phi) is 10.5. The van der Waals surface area contributed by atoms with Crippen LogP contribution in [-0.2, 0) is 19.3 Å². The summed E-state index contributed by atoms with van der Waals surface area (Å²) < 4.78 is 15.2. The predicted molar refractivity (Wildman–Crippen MR) is 112 cm³/mol. The Morgan fingerprint density at radius 2 is 2.12 bits per heavy atom. The largest absolute Gasteiger partial charge is 0.357 e. The average Bonchev–Trinajstić information content (AvgIpc) is 2.99. The molecule has 0 aliphatic rings. The molecule has 2 N–H and O–H groups in total. The van der Waals surface area contributed by atoms with Crippen molar-refractivity contribution in [3.8, 4) is 0 Å². The molecule has 0 spiro atoms. The van der Waals surface area contributed by atoms with Crippen LogP contribution >= 0.6 is 35.7 Å². The smallest absolute Gasteiger partial charge is 0.191 e. The summed E-state index contributed by atoms with van der Waals surface area (Å²) in [7, 11) is 1.84. The molecule has 0 radical (unpaired) electrons. The summed E-state index contributed by atoms with van der Waals surface area (Å²) in [6.45, 7) is 4.03. The van der Waals surface area contributed by atoms with E-state index in [-0.39, 0.29) is 29.8 Å². The molecule has 1 aromatic carbocycles. The molecule has 0 aliphatic heterocycles. The molecule has 0 aliphatic carbocycles. The van der Waals surface area contributed by atoms with Crippen LogP contribution in [0, 0.1) is 5.82 Å². The Labute approximate surface area is 169 Å². The number of aromatic nitrogens is 3. The number of rotatable bonds is 8. The number of hydrogen-bond donors (Lipinski definition) is 2. The lowest BCUT2D eigenvalue weighted by molar-refractivity contribution is 0.617. The molecule has 2 aromatic rings. The molecule has 0 bridgehead atoms. The number of hydrogen-bond acceptors (Lipinski definition) is 4. The number of aryl methyl sites for hydroxylation is 1. The highest BCUT2D eigenvalue weighted by atomic mass is 127. The topological polar surface area (TPSA) is 67.1 Å². The molecule has 138 valence electrons. The molecule has 0 saturated heterocycles. The zero-order chi connectivity index (χ0) is 17.2. The number of guanidine groups is 1. The number of aliphatic imine (C=N–C) groups is 1. The minimum Gasteiger partial charge on any atom is -0.357 e. The van der Waals surface area contributed by atoms with Gasteiger partial charge in [-0.25, -0.2) is 14.4 Å². The summed E-state index contributed by atoms with van der Waals surface area (Å²) in [5.41, 5.74) is 0.741. The molecule has 6 nitrogen and oxygen atoms in total. The molecular weight excluding hydrogens is 454 g/mol. The van der Waals surface area contributed by atoms with E-state index in [1.807, 2.05) is 26.1 Å². The van der Waals surface area contributed by atoms with Gasteiger partial charge < -0.3 is 10.6 Å². The van der Waals surface area contributed by atoms with E-state index in [0.29, 0.717) is 12.3 Å². The third kappa shape index (κ3) is 7.59. The van der Waals surface area contributed by atoms with Crippen LogP contribution in [0.15, 0.2) is 35.6 Å². The fourth-order valence-corrected chi connectivity index (χ4v) is 2.84. The maximum absolute atomic E-state index is 13.5. The predicted octanol–water partition coefficient (Wildman–Crippen LogP) is 2.56. The van der Waals surface area contributed by atoms with Crippen molar-refractivity contribution in [3.05, 3.63) is 47.8 Å². The average molecular weight is 478 g/mol. The lowest BCUT2D eigenvalue weighted by Crippen LogP contribution is -2.38. The van der Waals surface area contributed by atoms with E-state index in [2.05, 4.69) is 25.7 Å². The first-order chi connectivity index (χ1) is 11.7. The van der Waals surface area contributed by atoms with Gasteiger partial charge in [-0.05, 0) is 18.6 Å². The van der Waals surface area contributed by atoms with Gasteiger partial charge in [0, 0.05) is 31.6 Å². The summed E-state index contributed by atoms with van der Waals surface area (Å²) in [6.07, 6.45) is 1.52. The van der Waals surface area contributed by atoms with Gasteiger partial charge in [0.15, 0.2) is 5.96 Å². The van der Waals surface area contributed by atoms with Gasteiger partial charge >= 0.3 is 0 Å². The van der Waals surface area contributed by atoms with Gasteiger partial charge in [0.25, 0.3) is 0 Å². The second-order valence-electron chi connectivity index (χ2n) is 5.07. The zero-order valence-electron chi connectivity index (χ0n) is 14.4. The molecule has 0 saturated carbocycles. The van der Waals surface area contributed by atoms with E-state index >= 15 is 0 Å². The van der Waals surface area contributed by atoms with Crippen LogP contribution in [0.25, 0.3) is 0 Å². The van der Waals surface area contributed by atoms with Gasteiger partial charge in [0.1, 0.15) is 24.5 Å². The van der Waals surface area contributed by atoms with E-state index in [9.17, 15) is 4.39 Å². The molecule has 0 amide bonds. The minimum absolute atomic E-state index is 0. The Balaban J connectivity index is 0.00000312. The monoisotopic (exact) mass is 478 g/mol. The van der Waals surface area contributed by atoms with Crippen LogP contribution < -0.4 is 10.6 Å². The molecule has 1 heterocycles. The highest BCUT2D eigenvalue weighted by Crippen LogP contribution is 2.14. The quantitative estimate of drug-likeness (QED) is 0.264. The van der Waals surface area contributed by atoms with Crippen LogP contribution in [0.2, 0.25) is 0 Å². The molecule has 0 unspecified atom stereocenters. The highest BCUT2D eigenvalue weighted by molar-refractivity contribution is 14.0. The summed E-state index contributed by atoms with van der Waals surface area (Å²) >= 11 is 1.69. The van der Waals surface area contributed by atoms with Gasteiger partial charge in [0.05, 0.1) is 0 Å². The van der Waals surface area contributed by atoms with E-state index in [0.717, 1.165) is 36.2 Å². The van der Waals surface area contributed by atoms with Crippen LogP contribution in [0.3, 0.4) is 0 Å². The third-order valence-electron chi connectivity index (χ3n) is 3.28. The summed E-state index contributed by atoms with van der Waals surface area (Å²) in [6, 6.07) is 6.89. The van der Waals surface area contributed by atoms with E-state index in [1.165, 1.54) is 12.4 Å².